The molecule has 5 rings (SSSR count). The standard InChI is InChI=1S/C29H25NO4S/c1-29(2)25(28(33)34-24(20-14-8-4-9-15-20)21-16-10-5-11-17-21)30-26(32)22(27(30)35-29)18-23(31)19-12-6-3-7-13-19/h3-18,24-25,27H,1-2H3/b22-18-/t25-,27+/m0/s1. The first kappa shape index (κ1) is 23.1. The van der Waals surface area contributed by atoms with E-state index in [0.29, 0.717) is 11.1 Å². The van der Waals surface area contributed by atoms with E-state index in [9.17, 15) is 14.4 Å². The number of amides is 1. The van der Waals surface area contributed by atoms with Gasteiger partial charge in [-0.2, -0.15) is 0 Å². The zero-order chi connectivity index (χ0) is 24.6. The first-order valence-corrected chi connectivity index (χ1v) is 12.4. The van der Waals surface area contributed by atoms with Crippen LogP contribution in [-0.4, -0.2) is 38.7 Å². The monoisotopic (exact) mass is 483 g/mol. The van der Waals surface area contributed by atoms with E-state index >= 15 is 0 Å². The quantitative estimate of drug-likeness (QED) is 0.209. The van der Waals surface area contributed by atoms with Gasteiger partial charge in [-0.15, -0.1) is 11.8 Å². The van der Waals surface area contributed by atoms with Crippen LogP contribution in [0.15, 0.2) is 103 Å². The number of hydrogen-bond acceptors (Lipinski definition) is 5. The lowest BCUT2D eigenvalue weighted by Gasteiger charge is -2.39. The summed E-state index contributed by atoms with van der Waals surface area (Å²) >= 11 is 1.51. The molecule has 1 amide bonds. The van der Waals surface area contributed by atoms with E-state index < -0.39 is 22.9 Å². The highest BCUT2D eigenvalue weighted by Crippen LogP contribution is 2.53. The lowest BCUT2D eigenvalue weighted by Crippen LogP contribution is -2.59. The molecule has 0 saturated carbocycles. The lowest BCUT2D eigenvalue weighted by atomic mass is 9.94. The molecule has 0 radical (unpaired) electrons. The van der Waals surface area contributed by atoms with E-state index in [0.717, 1.165) is 11.1 Å². The third-order valence-corrected chi connectivity index (χ3v) is 7.89. The summed E-state index contributed by atoms with van der Waals surface area (Å²) in [7, 11) is 0. The van der Waals surface area contributed by atoms with Gasteiger partial charge in [-0.25, -0.2) is 4.79 Å². The van der Waals surface area contributed by atoms with Crippen molar-refractivity contribution in [2.24, 2.45) is 0 Å². The van der Waals surface area contributed by atoms with Gasteiger partial charge < -0.3 is 9.64 Å². The fourth-order valence-corrected chi connectivity index (χ4v) is 6.17. The van der Waals surface area contributed by atoms with Crippen molar-refractivity contribution in [2.75, 3.05) is 0 Å². The van der Waals surface area contributed by atoms with Gasteiger partial charge in [0.15, 0.2) is 11.9 Å². The minimum atomic E-state index is -0.760. The van der Waals surface area contributed by atoms with Crippen molar-refractivity contribution in [1.29, 1.82) is 0 Å². The van der Waals surface area contributed by atoms with Crippen molar-refractivity contribution in [3.05, 3.63) is 119 Å². The average Bonchev–Trinajstić information content (AvgIpc) is 3.14. The number of hydrogen-bond donors (Lipinski definition) is 0. The highest BCUT2D eigenvalue weighted by molar-refractivity contribution is 8.01. The molecule has 5 nitrogen and oxygen atoms in total. The number of rotatable bonds is 6. The Morgan fingerprint density at radius 1 is 0.886 bits per heavy atom. The summed E-state index contributed by atoms with van der Waals surface area (Å²) in [5, 5.41) is -0.352. The second-order valence-electron chi connectivity index (χ2n) is 9.16. The van der Waals surface area contributed by atoms with Crippen LogP contribution < -0.4 is 0 Å². The van der Waals surface area contributed by atoms with E-state index in [-0.39, 0.29) is 17.1 Å². The number of β-lactam (4-membered cyclic amide) rings is 1. The molecule has 35 heavy (non-hydrogen) atoms. The number of thioether (sulfide) groups is 1. The minimum Gasteiger partial charge on any atom is -0.451 e. The smallest absolute Gasteiger partial charge is 0.331 e. The number of esters is 1. The molecular weight excluding hydrogens is 458 g/mol. The molecule has 0 N–H and O–H groups in total. The van der Waals surface area contributed by atoms with Gasteiger partial charge >= 0.3 is 5.97 Å². The summed E-state index contributed by atoms with van der Waals surface area (Å²) in [5.74, 6) is -0.967. The number of carbonyl (C=O) groups excluding carboxylic acids is 3. The molecular formula is C29H25NO4S. The number of nitrogens with zero attached hydrogens (tertiary/aromatic N) is 1. The van der Waals surface area contributed by atoms with Crippen molar-refractivity contribution >= 4 is 29.4 Å². The van der Waals surface area contributed by atoms with Crippen LogP contribution in [0.5, 0.6) is 0 Å². The Labute approximate surface area is 208 Å². The Morgan fingerprint density at radius 3 is 1.94 bits per heavy atom. The number of ketones is 1. The minimum absolute atomic E-state index is 0.216. The van der Waals surface area contributed by atoms with Gasteiger partial charge in [-0.3, -0.25) is 9.59 Å². The third kappa shape index (κ3) is 4.30. The van der Waals surface area contributed by atoms with Crippen LogP contribution >= 0.6 is 11.8 Å². The molecule has 3 aromatic rings. The van der Waals surface area contributed by atoms with Crippen molar-refractivity contribution in [1.82, 2.24) is 4.90 Å². The molecule has 2 atom stereocenters. The average molecular weight is 484 g/mol. The van der Waals surface area contributed by atoms with Gasteiger partial charge in [0.2, 0.25) is 0 Å². The largest absolute Gasteiger partial charge is 0.451 e. The van der Waals surface area contributed by atoms with Crippen LogP contribution in [-0.2, 0) is 14.3 Å². The molecule has 0 aliphatic carbocycles. The third-order valence-electron chi connectivity index (χ3n) is 6.36. The fourth-order valence-electron chi connectivity index (χ4n) is 4.63. The summed E-state index contributed by atoms with van der Waals surface area (Å²) in [6, 6.07) is 27.2. The molecule has 0 unspecified atom stereocenters. The zero-order valence-electron chi connectivity index (χ0n) is 19.5. The molecule has 0 aromatic heterocycles. The van der Waals surface area contributed by atoms with Gasteiger partial charge in [0.05, 0.1) is 5.57 Å². The number of ether oxygens (including phenoxy) is 1. The molecule has 2 saturated heterocycles. The van der Waals surface area contributed by atoms with Crippen LogP contribution in [0.3, 0.4) is 0 Å². The Bertz CT molecular complexity index is 1250. The molecule has 2 aliphatic rings. The van der Waals surface area contributed by atoms with Gasteiger partial charge in [0.1, 0.15) is 11.4 Å². The normalized spacial score (nSPS) is 21.5. The number of allylic oxidation sites excluding steroid dienone is 1. The van der Waals surface area contributed by atoms with Crippen molar-refractivity contribution < 1.29 is 19.1 Å². The van der Waals surface area contributed by atoms with Gasteiger partial charge in [-0.05, 0) is 31.1 Å². The van der Waals surface area contributed by atoms with Crippen LogP contribution in [0.2, 0.25) is 0 Å². The zero-order valence-corrected chi connectivity index (χ0v) is 20.3. The molecule has 2 aliphatic heterocycles. The van der Waals surface area contributed by atoms with E-state index in [1.54, 1.807) is 29.2 Å². The first-order valence-electron chi connectivity index (χ1n) is 11.5. The highest BCUT2D eigenvalue weighted by Gasteiger charge is 2.62. The summed E-state index contributed by atoms with van der Waals surface area (Å²) in [6.07, 6.45) is 0.822. The number of carbonyl (C=O) groups is 3. The topological polar surface area (TPSA) is 63.7 Å². The summed E-state index contributed by atoms with van der Waals surface area (Å²) in [5.41, 5.74) is 2.67. The predicted octanol–water partition coefficient (Wildman–Crippen LogP) is 5.19. The molecule has 0 bridgehead atoms. The fraction of sp³-hybridized carbons (Fsp3) is 0.207. The van der Waals surface area contributed by atoms with Crippen molar-refractivity contribution in [3.8, 4) is 0 Å². The maximum atomic E-state index is 13.6. The SMILES string of the molecule is CC1(C)S[C@@H]2/C(=C\C(=O)c3ccccc3)C(=O)N2[C@H]1C(=O)OC(c1ccccc1)c1ccccc1. The Morgan fingerprint density at radius 2 is 1.40 bits per heavy atom. The van der Waals surface area contributed by atoms with Crippen LogP contribution in [0, 0.1) is 0 Å². The Hall–Kier alpha value is -3.64. The maximum absolute atomic E-state index is 13.6. The van der Waals surface area contributed by atoms with E-state index in [1.807, 2.05) is 80.6 Å². The maximum Gasteiger partial charge on any atom is 0.331 e. The van der Waals surface area contributed by atoms with Gasteiger partial charge in [0, 0.05) is 10.3 Å². The first-order chi connectivity index (χ1) is 16.9. The highest BCUT2D eigenvalue weighted by atomic mass is 32.2. The van der Waals surface area contributed by atoms with Crippen LogP contribution in [0.25, 0.3) is 0 Å². The molecule has 0 spiro atoms. The Balaban J connectivity index is 1.40. The molecule has 2 fully saturated rings. The van der Waals surface area contributed by atoms with E-state index in [4.69, 9.17) is 4.74 Å². The Kier molecular flexibility index (Phi) is 6.07. The summed E-state index contributed by atoms with van der Waals surface area (Å²) < 4.78 is 5.51. The molecule has 2 heterocycles. The summed E-state index contributed by atoms with van der Waals surface area (Å²) in [6.45, 7) is 3.87. The van der Waals surface area contributed by atoms with Crippen LogP contribution in [0.4, 0.5) is 0 Å². The van der Waals surface area contributed by atoms with E-state index in [2.05, 4.69) is 0 Å². The van der Waals surface area contributed by atoms with Gasteiger partial charge in [0.25, 0.3) is 5.91 Å². The second-order valence-corrected chi connectivity index (χ2v) is 10.9. The number of fused-ring (bicyclic) bond motifs is 1. The lowest BCUT2D eigenvalue weighted by molar-refractivity contribution is -0.160. The molecule has 3 aromatic carbocycles. The summed E-state index contributed by atoms with van der Waals surface area (Å²) in [4.78, 5) is 40.9. The number of benzene rings is 3. The molecule has 176 valence electrons. The molecule has 6 heteroatoms. The van der Waals surface area contributed by atoms with Crippen LogP contribution in [0.1, 0.15) is 41.4 Å². The van der Waals surface area contributed by atoms with Crippen molar-refractivity contribution in [2.45, 2.75) is 36.1 Å². The second kappa shape index (κ2) is 9.19. The van der Waals surface area contributed by atoms with Crippen molar-refractivity contribution in [3.63, 3.8) is 0 Å². The predicted molar refractivity (Wildman–Crippen MR) is 136 cm³/mol. The van der Waals surface area contributed by atoms with Gasteiger partial charge in [-0.1, -0.05) is 91.0 Å². The van der Waals surface area contributed by atoms with E-state index in [1.165, 1.54) is 17.8 Å².